The van der Waals surface area contributed by atoms with E-state index in [9.17, 15) is 49.1 Å². The number of likely N-dealkylation sites (N-methyl/N-ethyl adjacent to an activating group) is 2. The number of benzene rings is 4. The summed E-state index contributed by atoms with van der Waals surface area (Å²) in [6.45, 7) is 13.8. The summed E-state index contributed by atoms with van der Waals surface area (Å²) in [5, 5.41) is 22.8. The molecule has 4 atom stereocenters. The lowest BCUT2D eigenvalue weighted by Gasteiger charge is -2.44. The zero-order valence-corrected chi connectivity index (χ0v) is 50.8. The Morgan fingerprint density at radius 1 is 0.534 bits per heavy atom. The van der Waals surface area contributed by atoms with Crippen LogP contribution in [0, 0.1) is 23.3 Å². The number of rotatable bonds is 10. The van der Waals surface area contributed by atoms with Crippen LogP contribution in [-0.4, -0.2) is 149 Å². The first kappa shape index (κ1) is 66.8. The van der Waals surface area contributed by atoms with E-state index >= 15 is 4.39 Å². The smallest absolute Gasteiger partial charge is 0.423 e. The fraction of sp³-hybridized carbons (Fsp3) is 0.433. The van der Waals surface area contributed by atoms with Gasteiger partial charge in [-0.15, -0.1) is 0 Å². The van der Waals surface area contributed by atoms with Gasteiger partial charge < -0.3 is 40.3 Å². The fourth-order valence-corrected chi connectivity index (χ4v) is 11.3. The van der Waals surface area contributed by atoms with Gasteiger partial charge >= 0.3 is 19.5 Å². The average molecular weight is 1300 g/mol. The number of piperidine rings is 2. The number of hydrogen-bond donors (Lipinski definition) is 4. The molecule has 6 heterocycles. The second-order valence-electron chi connectivity index (χ2n) is 22.5. The number of hydrogen-bond acceptors (Lipinski definition) is 14. The molecule has 4 aromatic carbocycles. The van der Waals surface area contributed by atoms with Crippen LogP contribution < -0.4 is 35.7 Å². The second kappa shape index (κ2) is 28.6. The molecular formula is C60H68BBrF10N12O4. The highest BCUT2D eigenvalue weighted by atomic mass is 79.9. The first-order valence-electron chi connectivity index (χ1n) is 28.7. The molecule has 0 unspecified atom stereocenters. The van der Waals surface area contributed by atoms with Crippen LogP contribution in [0.2, 0.25) is 0 Å². The zero-order chi connectivity index (χ0) is 63.9. The number of anilines is 6. The van der Waals surface area contributed by atoms with Gasteiger partial charge in [-0.3, -0.25) is 19.4 Å². The molecule has 0 radical (unpaired) electrons. The lowest BCUT2D eigenvalue weighted by atomic mass is 9.83. The predicted molar refractivity (Wildman–Crippen MR) is 322 cm³/mol. The molecule has 4 aliphatic rings. The number of alkyl halides is 6. The van der Waals surface area contributed by atoms with E-state index in [1.165, 1.54) is 68.3 Å². The third-order valence-corrected chi connectivity index (χ3v) is 16.9. The number of aromatic nitrogens is 4. The molecule has 6 aromatic rings. The summed E-state index contributed by atoms with van der Waals surface area (Å²) < 4.78 is 138. The van der Waals surface area contributed by atoms with Crippen molar-refractivity contribution in [2.75, 3.05) is 96.7 Å². The van der Waals surface area contributed by atoms with Gasteiger partial charge in [0.2, 0.25) is 11.9 Å². The molecule has 4 aliphatic heterocycles. The molecular weight excluding hydrogens is 1230 g/mol. The summed E-state index contributed by atoms with van der Waals surface area (Å²) in [5.41, 5.74) is -2.50. The first-order chi connectivity index (χ1) is 41.6. The maximum absolute atomic E-state index is 15.7. The zero-order valence-electron chi connectivity index (χ0n) is 49.2. The van der Waals surface area contributed by atoms with Crippen molar-refractivity contribution < 1.29 is 63.5 Å². The van der Waals surface area contributed by atoms with E-state index in [1.54, 1.807) is 0 Å². The summed E-state index contributed by atoms with van der Waals surface area (Å²) in [4.78, 5) is 55.4. The van der Waals surface area contributed by atoms with Gasteiger partial charge in [0.05, 0.1) is 49.5 Å². The van der Waals surface area contributed by atoms with Crippen molar-refractivity contribution in [3.05, 3.63) is 135 Å². The maximum atomic E-state index is 15.7. The molecule has 10 rings (SSSR count). The molecule has 472 valence electrons. The van der Waals surface area contributed by atoms with Gasteiger partial charge in [0.15, 0.2) is 0 Å². The number of nitrogens with zero attached hydrogens (tertiary/aromatic N) is 10. The molecule has 0 saturated carbocycles. The van der Waals surface area contributed by atoms with Crippen LogP contribution in [0.4, 0.5) is 78.6 Å². The van der Waals surface area contributed by atoms with Gasteiger partial charge in [-0.1, -0.05) is 0 Å². The Bertz CT molecular complexity index is 3370. The van der Waals surface area contributed by atoms with E-state index in [1.807, 2.05) is 51.6 Å². The predicted octanol–water partition coefficient (Wildman–Crippen LogP) is 10.9. The van der Waals surface area contributed by atoms with Crippen molar-refractivity contribution in [2.45, 2.75) is 103 Å². The van der Waals surface area contributed by atoms with E-state index in [0.29, 0.717) is 60.5 Å². The molecule has 0 bridgehead atoms. The minimum Gasteiger partial charge on any atom is -0.423 e. The Labute approximate surface area is 512 Å². The second-order valence-corrected chi connectivity index (χ2v) is 23.4. The minimum atomic E-state index is -4.96. The number of carbonyl (C=O) groups excluding carboxylic acids is 2. The van der Waals surface area contributed by atoms with Crippen LogP contribution in [0.25, 0.3) is 11.1 Å². The van der Waals surface area contributed by atoms with E-state index in [2.05, 4.69) is 66.1 Å². The molecule has 4 N–H and O–H groups in total. The van der Waals surface area contributed by atoms with Gasteiger partial charge in [0, 0.05) is 124 Å². The molecule has 88 heavy (non-hydrogen) atoms. The molecule has 4 fully saturated rings. The Balaban J connectivity index is 0.000000190. The number of piperazine rings is 2. The molecule has 0 aliphatic carbocycles. The largest absolute Gasteiger partial charge is 0.491 e. The molecule has 16 nitrogen and oxygen atoms in total. The van der Waals surface area contributed by atoms with Gasteiger partial charge in [-0.25, -0.2) is 37.5 Å². The van der Waals surface area contributed by atoms with E-state index in [-0.39, 0.29) is 57.7 Å². The van der Waals surface area contributed by atoms with Crippen LogP contribution in [0.3, 0.4) is 0 Å². The van der Waals surface area contributed by atoms with Crippen LogP contribution in [0.5, 0.6) is 0 Å². The van der Waals surface area contributed by atoms with Crippen molar-refractivity contribution in [3.63, 3.8) is 0 Å². The highest BCUT2D eigenvalue weighted by molar-refractivity contribution is 9.10. The van der Waals surface area contributed by atoms with Gasteiger partial charge in [-0.2, -0.15) is 26.3 Å². The fourth-order valence-electron chi connectivity index (χ4n) is 11.0. The number of halogens is 11. The molecule has 4 saturated heterocycles. The monoisotopic (exact) mass is 1300 g/mol. The van der Waals surface area contributed by atoms with E-state index in [0.717, 1.165) is 69.7 Å². The third kappa shape index (κ3) is 16.4. The normalized spacial score (nSPS) is 19.5. The number of nitrogens with one attached hydrogen (secondary N) is 2. The van der Waals surface area contributed by atoms with Crippen LogP contribution in [0.1, 0.15) is 98.1 Å². The van der Waals surface area contributed by atoms with Crippen molar-refractivity contribution >= 4 is 75.0 Å². The lowest BCUT2D eigenvalue weighted by Crippen LogP contribution is -2.55. The summed E-state index contributed by atoms with van der Waals surface area (Å²) in [7, 11) is 2.48. The average Bonchev–Trinajstić information content (AvgIpc) is 1.34. The highest BCUT2D eigenvalue weighted by Gasteiger charge is 2.38. The number of amides is 2. The maximum Gasteiger partial charge on any atom is 0.491 e. The van der Waals surface area contributed by atoms with E-state index in [4.69, 9.17) is 10.0 Å². The topological polar surface area (TPSA) is 170 Å². The summed E-state index contributed by atoms with van der Waals surface area (Å²) in [6, 6.07) is 9.40. The first-order valence-corrected chi connectivity index (χ1v) is 29.5. The van der Waals surface area contributed by atoms with Crippen LogP contribution >= 0.6 is 15.9 Å². The standard InChI is InChI=1S/C30H33F5N6O.C21H21BrF5N3O.C9H14BN3O2/c1-18-16-41(17-19(2)39(18)3)27-13-25(32)23(20-14-36-29(37-15-20)40-9-5-4-6-10-40)12-26(27)38-28(42)22-8-7-21(31)11-24(22)30(33,34)35;1-11-9-30(10-12(2)29(11)3)19-8-17(24)16(22)7-18(19)28-20(31)14-5-4-13(23)6-15(14)21(25,26)27;14-10(15)8-6-11-9(12-7-8)13-4-2-1-3-5-13/h7-8,11-15,18-19H,4-6,9-10,16-17H2,1-3H3,(H,38,42);4-8,11-12H,9-10H2,1-3H3,(H,28,31);6-7,14-15H,1-5H2/t18-,19+;11-,12+;. The Morgan fingerprint density at radius 3 is 1.30 bits per heavy atom. The van der Waals surface area contributed by atoms with Crippen molar-refractivity contribution in [2.24, 2.45) is 0 Å². The highest BCUT2D eigenvalue weighted by Crippen LogP contribution is 2.40. The number of carbonyl (C=O) groups is 2. The Morgan fingerprint density at radius 2 is 0.909 bits per heavy atom. The molecule has 0 spiro atoms. The third-order valence-electron chi connectivity index (χ3n) is 16.3. The molecule has 28 heteroatoms. The van der Waals surface area contributed by atoms with Gasteiger partial charge in [-0.05, 0) is 151 Å². The van der Waals surface area contributed by atoms with Crippen molar-refractivity contribution in [1.29, 1.82) is 0 Å². The van der Waals surface area contributed by atoms with Gasteiger partial charge in [0.25, 0.3) is 11.8 Å². The molecule has 2 aromatic heterocycles. The van der Waals surface area contributed by atoms with Crippen LogP contribution in [0.15, 0.2) is 89.9 Å². The van der Waals surface area contributed by atoms with Gasteiger partial charge in [0.1, 0.15) is 23.3 Å². The van der Waals surface area contributed by atoms with Crippen LogP contribution in [-0.2, 0) is 12.4 Å². The quantitative estimate of drug-likeness (QED) is 0.0755. The Kier molecular flexibility index (Phi) is 21.7. The molecule has 2 amide bonds. The lowest BCUT2D eigenvalue weighted by molar-refractivity contribution is -0.138. The summed E-state index contributed by atoms with van der Waals surface area (Å²) in [5.74, 6) is -4.30. The summed E-state index contributed by atoms with van der Waals surface area (Å²) >= 11 is 3.06. The van der Waals surface area contributed by atoms with E-state index < -0.39 is 76.8 Å². The summed E-state index contributed by atoms with van der Waals surface area (Å²) in [6.07, 6.45) is 2.90. The SMILES string of the molecule is C[C@@H]1CN(c2cc(F)c(-c3cnc(N4CCCCC4)nc3)cc2NC(=O)c2ccc(F)cc2C(F)(F)F)C[C@H](C)N1C.C[C@@H]1CN(c2cc(F)c(Br)cc2NC(=O)c2ccc(F)cc2C(F)(F)F)C[C@H](C)N1C.OB(O)c1cnc(N2CCCCC2)nc1. The Hall–Kier alpha value is -7.14. The minimum absolute atomic E-state index is 0.0527. The van der Waals surface area contributed by atoms with Crippen molar-refractivity contribution in [3.8, 4) is 11.1 Å². The van der Waals surface area contributed by atoms with Crippen molar-refractivity contribution in [1.82, 2.24) is 29.7 Å².